The van der Waals surface area contributed by atoms with E-state index in [0.29, 0.717) is 6.54 Å². The number of aliphatic hydroxyl groups is 1. The Bertz CT molecular complexity index is 916. The van der Waals surface area contributed by atoms with E-state index in [1.54, 1.807) is 11.6 Å². The number of nitrogens with one attached hydrogen (secondary N) is 3. The van der Waals surface area contributed by atoms with Gasteiger partial charge in [-0.05, 0) is 35.3 Å². The van der Waals surface area contributed by atoms with Crippen LogP contribution in [0.3, 0.4) is 0 Å². The second-order valence-corrected chi connectivity index (χ2v) is 6.37. The molecule has 0 aliphatic carbocycles. The van der Waals surface area contributed by atoms with Gasteiger partial charge < -0.3 is 15.4 Å². The number of benzene rings is 2. The molecule has 0 radical (unpaired) electrons. The van der Waals surface area contributed by atoms with Crippen molar-refractivity contribution in [2.45, 2.75) is 19.0 Å². The van der Waals surface area contributed by atoms with Gasteiger partial charge in [0.25, 0.3) is 5.91 Å². The maximum absolute atomic E-state index is 11.0. The molecule has 0 aliphatic heterocycles. The van der Waals surface area contributed by atoms with Crippen LogP contribution in [-0.2, 0) is 17.8 Å². The van der Waals surface area contributed by atoms with Crippen LogP contribution in [0.2, 0.25) is 0 Å². The molecule has 0 saturated carbocycles. The highest BCUT2D eigenvalue weighted by Gasteiger charge is 2.11. The Morgan fingerprint density at radius 1 is 1.15 bits per heavy atom. The normalized spacial score (nSPS) is 12.5. The average Bonchev–Trinajstić information content (AvgIpc) is 3.13. The molecular weight excluding hydrogens is 342 g/mol. The number of hydrogen-bond acceptors (Lipinski definition) is 4. The van der Waals surface area contributed by atoms with Gasteiger partial charge in [-0.3, -0.25) is 10.0 Å². The van der Waals surface area contributed by atoms with E-state index in [0.717, 1.165) is 23.1 Å². The van der Waals surface area contributed by atoms with Crippen LogP contribution in [0.15, 0.2) is 60.8 Å². The van der Waals surface area contributed by atoms with E-state index in [9.17, 15) is 9.90 Å². The van der Waals surface area contributed by atoms with Crippen molar-refractivity contribution < 1.29 is 15.1 Å². The first-order valence-corrected chi connectivity index (χ1v) is 8.80. The molecule has 3 aromatic rings. The Morgan fingerprint density at radius 2 is 1.93 bits per heavy atom. The maximum Gasteiger partial charge on any atom is 0.267 e. The van der Waals surface area contributed by atoms with E-state index in [4.69, 9.17) is 5.21 Å². The van der Waals surface area contributed by atoms with Crippen LogP contribution in [0.25, 0.3) is 17.0 Å². The Balaban J connectivity index is 1.57. The first-order chi connectivity index (χ1) is 13.2. The summed E-state index contributed by atoms with van der Waals surface area (Å²) in [5.41, 5.74) is 5.77. The number of rotatable bonds is 8. The second-order valence-electron chi connectivity index (χ2n) is 6.37. The molecule has 2 aromatic carbocycles. The number of amides is 1. The molecule has 1 amide bonds. The topological polar surface area (TPSA) is 97.4 Å². The van der Waals surface area contributed by atoms with Crippen LogP contribution >= 0.6 is 0 Å². The van der Waals surface area contributed by atoms with Crippen molar-refractivity contribution in [3.05, 3.63) is 77.5 Å². The number of H-pyrrole nitrogens is 1. The second kappa shape index (κ2) is 9.14. The summed E-state index contributed by atoms with van der Waals surface area (Å²) in [6.07, 6.45) is 5.61. The fourth-order valence-corrected chi connectivity index (χ4v) is 2.99. The monoisotopic (exact) mass is 365 g/mol. The number of aromatic amines is 1. The van der Waals surface area contributed by atoms with Gasteiger partial charge in [0.2, 0.25) is 0 Å². The third-order valence-electron chi connectivity index (χ3n) is 4.47. The highest BCUT2D eigenvalue weighted by molar-refractivity contribution is 5.90. The van der Waals surface area contributed by atoms with Gasteiger partial charge in [0.15, 0.2) is 0 Å². The summed E-state index contributed by atoms with van der Waals surface area (Å²) in [6.45, 7) is 0.686. The minimum atomic E-state index is -0.566. The lowest BCUT2D eigenvalue weighted by molar-refractivity contribution is -0.124. The van der Waals surface area contributed by atoms with Crippen LogP contribution in [0.4, 0.5) is 0 Å². The molecule has 6 nitrogen and oxygen atoms in total. The molecule has 6 heteroatoms. The molecule has 0 fully saturated rings. The highest BCUT2D eigenvalue weighted by Crippen LogP contribution is 2.19. The molecule has 1 atom stereocenters. The Hall–Kier alpha value is -2.93. The highest BCUT2D eigenvalue weighted by atomic mass is 16.5. The smallest absolute Gasteiger partial charge is 0.267 e. The molecule has 140 valence electrons. The number of carbonyl (C=O) groups is 1. The molecule has 3 rings (SSSR count). The molecule has 0 unspecified atom stereocenters. The molecule has 27 heavy (non-hydrogen) atoms. The van der Waals surface area contributed by atoms with E-state index in [1.807, 2.05) is 48.7 Å². The molecule has 0 saturated heterocycles. The van der Waals surface area contributed by atoms with Crippen LogP contribution in [-0.4, -0.2) is 33.9 Å². The number of hydroxylamine groups is 1. The standard InChI is InChI=1S/C21H23N3O3/c25-14-18(11-17-13-23-20-4-2-1-3-19(17)20)22-12-16-7-5-15(6-8-16)9-10-21(26)24-27/h1-10,13,18,22-23,25,27H,11-12,14H2,(H,24,26)/b10-9+/t18-/m1/s1. The molecule has 5 N–H and O–H groups in total. The minimum Gasteiger partial charge on any atom is -0.395 e. The van der Waals surface area contributed by atoms with Crippen molar-refractivity contribution in [2.75, 3.05) is 6.61 Å². The predicted octanol–water partition coefficient (Wildman–Crippen LogP) is 2.38. The molecule has 1 heterocycles. The lowest BCUT2D eigenvalue weighted by Crippen LogP contribution is -2.33. The van der Waals surface area contributed by atoms with Crippen molar-refractivity contribution in [3.8, 4) is 0 Å². The van der Waals surface area contributed by atoms with Gasteiger partial charge in [-0.2, -0.15) is 0 Å². The molecule has 0 bridgehead atoms. The number of aromatic nitrogens is 1. The third-order valence-corrected chi connectivity index (χ3v) is 4.47. The average molecular weight is 365 g/mol. The number of fused-ring (bicyclic) bond motifs is 1. The van der Waals surface area contributed by atoms with E-state index in [2.05, 4.69) is 16.4 Å². The lowest BCUT2D eigenvalue weighted by Gasteiger charge is -2.16. The minimum absolute atomic E-state index is 0.0444. The predicted molar refractivity (Wildman–Crippen MR) is 105 cm³/mol. The zero-order chi connectivity index (χ0) is 19.1. The van der Waals surface area contributed by atoms with E-state index >= 15 is 0 Å². The van der Waals surface area contributed by atoms with Crippen LogP contribution in [0, 0.1) is 0 Å². The van der Waals surface area contributed by atoms with Crippen molar-refractivity contribution in [3.63, 3.8) is 0 Å². The van der Waals surface area contributed by atoms with Gasteiger partial charge in [-0.1, -0.05) is 42.5 Å². The zero-order valence-electron chi connectivity index (χ0n) is 14.9. The summed E-state index contributed by atoms with van der Waals surface area (Å²) < 4.78 is 0. The van der Waals surface area contributed by atoms with Gasteiger partial charge in [0.05, 0.1) is 6.61 Å². The van der Waals surface area contributed by atoms with E-state index in [-0.39, 0.29) is 12.6 Å². The van der Waals surface area contributed by atoms with Gasteiger partial charge >= 0.3 is 0 Å². The van der Waals surface area contributed by atoms with E-state index < -0.39 is 5.91 Å². The molecular formula is C21H23N3O3. The summed E-state index contributed by atoms with van der Waals surface area (Å²) in [4.78, 5) is 14.3. The van der Waals surface area contributed by atoms with Crippen LogP contribution in [0.5, 0.6) is 0 Å². The fraction of sp³-hybridized carbons (Fsp3) is 0.190. The van der Waals surface area contributed by atoms with Crippen molar-refractivity contribution in [1.82, 2.24) is 15.8 Å². The van der Waals surface area contributed by atoms with Crippen molar-refractivity contribution >= 4 is 22.9 Å². The quantitative estimate of drug-likeness (QED) is 0.240. The summed E-state index contributed by atoms with van der Waals surface area (Å²) in [6, 6.07) is 15.8. The number of para-hydroxylation sites is 1. The van der Waals surface area contributed by atoms with Gasteiger partial charge in [0.1, 0.15) is 0 Å². The third kappa shape index (κ3) is 5.04. The summed E-state index contributed by atoms with van der Waals surface area (Å²) in [5.74, 6) is -0.566. The largest absolute Gasteiger partial charge is 0.395 e. The number of hydrogen-bond donors (Lipinski definition) is 5. The Kier molecular flexibility index (Phi) is 6.38. The van der Waals surface area contributed by atoms with Crippen molar-refractivity contribution in [1.29, 1.82) is 0 Å². The summed E-state index contributed by atoms with van der Waals surface area (Å²) in [7, 11) is 0. The summed E-state index contributed by atoms with van der Waals surface area (Å²) >= 11 is 0. The molecule has 0 spiro atoms. The Labute approximate surface area is 157 Å². The molecule has 1 aromatic heterocycles. The van der Waals surface area contributed by atoms with Gasteiger partial charge in [0, 0.05) is 35.8 Å². The first-order valence-electron chi connectivity index (χ1n) is 8.80. The van der Waals surface area contributed by atoms with Gasteiger partial charge in [-0.15, -0.1) is 0 Å². The summed E-state index contributed by atoms with van der Waals surface area (Å²) in [5, 5.41) is 22.8. The number of aliphatic hydroxyl groups excluding tert-OH is 1. The fourth-order valence-electron chi connectivity index (χ4n) is 2.99. The maximum atomic E-state index is 11.0. The van der Waals surface area contributed by atoms with Crippen LogP contribution in [0.1, 0.15) is 16.7 Å². The SMILES string of the molecule is O=C(/C=C/c1ccc(CN[C@@H](CO)Cc2c[nH]c3ccccc23)cc1)NO. The zero-order valence-corrected chi connectivity index (χ0v) is 14.9. The molecule has 0 aliphatic rings. The van der Waals surface area contributed by atoms with Crippen molar-refractivity contribution in [2.24, 2.45) is 0 Å². The van der Waals surface area contributed by atoms with Crippen LogP contribution < -0.4 is 10.8 Å². The Morgan fingerprint density at radius 3 is 2.67 bits per heavy atom. The van der Waals surface area contributed by atoms with E-state index in [1.165, 1.54) is 17.0 Å². The number of carbonyl (C=O) groups excluding carboxylic acids is 1. The lowest BCUT2D eigenvalue weighted by atomic mass is 10.0. The first kappa shape index (κ1) is 18.8. The van der Waals surface area contributed by atoms with Gasteiger partial charge in [-0.25, -0.2) is 5.48 Å².